The van der Waals surface area contributed by atoms with Crippen LogP contribution in [0.1, 0.15) is 32.1 Å². The number of ether oxygens (including phenoxy) is 2. The number of hydrogen-bond acceptors (Lipinski definition) is 4. The van der Waals surface area contributed by atoms with E-state index in [9.17, 15) is 9.59 Å². The van der Waals surface area contributed by atoms with E-state index in [0.717, 1.165) is 0 Å². The maximum atomic E-state index is 10.9. The molecule has 4 nitrogen and oxygen atoms in total. The monoisotopic (exact) mass is 186 g/mol. The van der Waals surface area contributed by atoms with Crippen LogP contribution in [0, 0.1) is 0 Å². The van der Waals surface area contributed by atoms with Crippen LogP contribution in [0.4, 0.5) is 0 Å². The zero-order chi connectivity index (χ0) is 9.52. The standard InChI is InChI=1S/C9H14O4/c10-8-4-1-2-5-9(11)13-7-3-6-12-8/h1-7H2. The summed E-state index contributed by atoms with van der Waals surface area (Å²) in [5, 5.41) is 0. The summed E-state index contributed by atoms with van der Waals surface area (Å²) in [4.78, 5) is 21.9. The van der Waals surface area contributed by atoms with Gasteiger partial charge >= 0.3 is 11.9 Å². The lowest BCUT2D eigenvalue weighted by molar-refractivity contribution is -0.145. The molecule has 0 aromatic rings. The van der Waals surface area contributed by atoms with Crippen molar-refractivity contribution in [3.05, 3.63) is 0 Å². The molecule has 1 rings (SSSR count). The molecule has 1 saturated heterocycles. The van der Waals surface area contributed by atoms with Crippen molar-refractivity contribution in [2.45, 2.75) is 32.1 Å². The highest BCUT2D eigenvalue weighted by molar-refractivity contribution is 5.70. The van der Waals surface area contributed by atoms with Crippen molar-refractivity contribution in [1.82, 2.24) is 0 Å². The Bertz CT molecular complexity index is 168. The first-order chi connectivity index (χ1) is 6.29. The van der Waals surface area contributed by atoms with Crippen LogP contribution in [0.15, 0.2) is 0 Å². The van der Waals surface area contributed by atoms with Crippen LogP contribution < -0.4 is 0 Å². The molecule has 4 heteroatoms. The van der Waals surface area contributed by atoms with Gasteiger partial charge in [-0.2, -0.15) is 0 Å². The summed E-state index contributed by atoms with van der Waals surface area (Å²) in [5.41, 5.74) is 0. The van der Waals surface area contributed by atoms with E-state index in [1.807, 2.05) is 0 Å². The molecule has 0 aromatic heterocycles. The van der Waals surface area contributed by atoms with Gasteiger partial charge in [-0.25, -0.2) is 0 Å². The van der Waals surface area contributed by atoms with Crippen LogP contribution in [0.2, 0.25) is 0 Å². The van der Waals surface area contributed by atoms with Crippen molar-refractivity contribution in [3.63, 3.8) is 0 Å². The molecule has 74 valence electrons. The molecule has 1 fully saturated rings. The van der Waals surface area contributed by atoms with Gasteiger partial charge in [0.15, 0.2) is 0 Å². The second-order valence-electron chi connectivity index (χ2n) is 3.00. The Balaban J connectivity index is 2.30. The number of cyclic esters (lactones) is 2. The van der Waals surface area contributed by atoms with E-state index in [1.54, 1.807) is 0 Å². The molecule has 1 aliphatic heterocycles. The van der Waals surface area contributed by atoms with Gasteiger partial charge < -0.3 is 9.47 Å². The fourth-order valence-corrected chi connectivity index (χ4v) is 1.11. The Morgan fingerprint density at radius 1 is 0.769 bits per heavy atom. The zero-order valence-electron chi connectivity index (χ0n) is 7.58. The van der Waals surface area contributed by atoms with Crippen molar-refractivity contribution in [3.8, 4) is 0 Å². The maximum absolute atomic E-state index is 10.9. The summed E-state index contributed by atoms with van der Waals surface area (Å²) in [7, 11) is 0. The summed E-state index contributed by atoms with van der Waals surface area (Å²) in [6.45, 7) is 0.707. The first-order valence-corrected chi connectivity index (χ1v) is 4.60. The van der Waals surface area contributed by atoms with Crippen LogP contribution in [-0.2, 0) is 19.1 Å². The second-order valence-corrected chi connectivity index (χ2v) is 3.00. The summed E-state index contributed by atoms with van der Waals surface area (Å²) >= 11 is 0. The third-order valence-corrected chi connectivity index (χ3v) is 1.83. The smallest absolute Gasteiger partial charge is 0.305 e. The van der Waals surface area contributed by atoms with Gasteiger partial charge in [0.25, 0.3) is 0 Å². The minimum Gasteiger partial charge on any atom is -0.466 e. The van der Waals surface area contributed by atoms with Crippen molar-refractivity contribution < 1.29 is 19.1 Å². The lowest BCUT2D eigenvalue weighted by Crippen LogP contribution is -2.08. The number of esters is 2. The van der Waals surface area contributed by atoms with Crippen LogP contribution in [-0.4, -0.2) is 25.2 Å². The van der Waals surface area contributed by atoms with Crippen LogP contribution in [0.3, 0.4) is 0 Å². The lowest BCUT2D eigenvalue weighted by Gasteiger charge is -2.02. The van der Waals surface area contributed by atoms with Crippen LogP contribution in [0.25, 0.3) is 0 Å². The Morgan fingerprint density at radius 3 is 1.69 bits per heavy atom. The quantitative estimate of drug-likeness (QED) is 0.530. The molecule has 13 heavy (non-hydrogen) atoms. The first kappa shape index (κ1) is 10.0. The van der Waals surface area contributed by atoms with E-state index in [0.29, 0.717) is 45.3 Å². The Hall–Kier alpha value is -1.06. The van der Waals surface area contributed by atoms with Gasteiger partial charge in [0.05, 0.1) is 13.2 Å². The maximum Gasteiger partial charge on any atom is 0.305 e. The third-order valence-electron chi connectivity index (χ3n) is 1.83. The van der Waals surface area contributed by atoms with Crippen molar-refractivity contribution in [2.75, 3.05) is 13.2 Å². The molecule has 0 unspecified atom stereocenters. The minimum atomic E-state index is -0.172. The Morgan fingerprint density at radius 2 is 1.23 bits per heavy atom. The highest BCUT2D eigenvalue weighted by Crippen LogP contribution is 2.05. The molecule has 0 radical (unpaired) electrons. The largest absolute Gasteiger partial charge is 0.466 e. The molecule has 0 aliphatic carbocycles. The second kappa shape index (κ2) is 5.56. The summed E-state index contributed by atoms with van der Waals surface area (Å²) < 4.78 is 9.76. The Labute approximate surface area is 77.2 Å². The molecule has 0 atom stereocenters. The van der Waals surface area contributed by atoms with E-state index < -0.39 is 0 Å². The SMILES string of the molecule is O=C1CCCCC(=O)OCCCO1. The van der Waals surface area contributed by atoms with Gasteiger partial charge in [0.2, 0.25) is 0 Å². The number of hydrogen-bond donors (Lipinski definition) is 0. The molecule has 1 heterocycles. The van der Waals surface area contributed by atoms with E-state index in [1.165, 1.54) is 0 Å². The number of carbonyl (C=O) groups excluding carboxylic acids is 2. The fourth-order valence-electron chi connectivity index (χ4n) is 1.11. The van der Waals surface area contributed by atoms with E-state index in [-0.39, 0.29) is 11.9 Å². The number of rotatable bonds is 0. The first-order valence-electron chi connectivity index (χ1n) is 4.60. The molecule has 0 bridgehead atoms. The van der Waals surface area contributed by atoms with Gasteiger partial charge in [0, 0.05) is 19.3 Å². The Kier molecular flexibility index (Phi) is 4.29. The van der Waals surface area contributed by atoms with Gasteiger partial charge in [-0.1, -0.05) is 0 Å². The van der Waals surface area contributed by atoms with Gasteiger partial charge in [-0.15, -0.1) is 0 Å². The van der Waals surface area contributed by atoms with Crippen LogP contribution in [0.5, 0.6) is 0 Å². The van der Waals surface area contributed by atoms with Gasteiger partial charge in [-0.05, 0) is 12.8 Å². The van der Waals surface area contributed by atoms with Crippen LogP contribution >= 0.6 is 0 Å². The molecule has 0 N–H and O–H groups in total. The molecular weight excluding hydrogens is 172 g/mol. The fraction of sp³-hybridized carbons (Fsp3) is 0.778. The molecular formula is C9H14O4. The van der Waals surface area contributed by atoms with Gasteiger partial charge in [-0.3, -0.25) is 9.59 Å². The van der Waals surface area contributed by atoms with Crippen molar-refractivity contribution in [2.24, 2.45) is 0 Å². The summed E-state index contributed by atoms with van der Waals surface area (Å²) in [6.07, 6.45) is 2.82. The summed E-state index contributed by atoms with van der Waals surface area (Å²) in [6, 6.07) is 0. The predicted octanol–water partition coefficient (Wildman–Crippen LogP) is 1.04. The van der Waals surface area contributed by atoms with Crippen molar-refractivity contribution >= 4 is 11.9 Å². The normalized spacial score (nSPS) is 21.2. The highest BCUT2D eigenvalue weighted by Gasteiger charge is 2.08. The average molecular weight is 186 g/mol. The number of carbonyl (C=O) groups is 2. The third kappa shape index (κ3) is 4.50. The highest BCUT2D eigenvalue weighted by atomic mass is 16.5. The zero-order valence-corrected chi connectivity index (χ0v) is 7.58. The van der Waals surface area contributed by atoms with E-state index in [4.69, 9.17) is 9.47 Å². The molecule has 0 spiro atoms. The molecule has 0 aromatic carbocycles. The van der Waals surface area contributed by atoms with E-state index in [2.05, 4.69) is 0 Å². The molecule has 0 amide bonds. The average Bonchev–Trinajstić information content (AvgIpc) is 2.14. The van der Waals surface area contributed by atoms with Crippen molar-refractivity contribution in [1.29, 1.82) is 0 Å². The lowest BCUT2D eigenvalue weighted by atomic mass is 10.2. The predicted molar refractivity (Wildman–Crippen MR) is 45.0 cm³/mol. The summed E-state index contributed by atoms with van der Waals surface area (Å²) in [5.74, 6) is -0.344. The van der Waals surface area contributed by atoms with E-state index >= 15 is 0 Å². The molecule has 0 saturated carbocycles. The topological polar surface area (TPSA) is 52.6 Å². The van der Waals surface area contributed by atoms with Gasteiger partial charge in [0.1, 0.15) is 0 Å². The minimum absolute atomic E-state index is 0.172. The molecule has 1 aliphatic rings.